The van der Waals surface area contributed by atoms with Crippen LogP contribution in [0.2, 0.25) is 0 Å². The van der Waals surface area contributed by atoms with Gasteiger partial charge in [0.2, 0.25) is 0 Å². The molecule has 0 aliphatic heterocycles. The zero-order valence-electron chi connectivity index (χ0n) is 8.68. The highest BCUT2D eigenvalue weighted by atomic mass is 32.1. The van der Waals surface area contributed by atoms with E-state index < -0.39 is 0 Å². The highest BCUT2D eigenvalue weighted by molar-refractivity contribution is 7.09. The molecule has 1 aromatic heterocycles. The summed E-state index contributed by atoms with van der Waals surface area (Å²) in [6, 6.07) is 9.77. The van der Waals surface area contributed by atoms with E-state index in [2.05, 4.69) is 16.4 Å². The first-order valence-corrected chi connectivity index (χ1v) is 5.83. The quantitative estimate of drug-likeness (QED) is 0.875. The summed E-state index contributed by atoms with van der Waals surface area (Å²) in [5.74, 6) is 0. The van der Waals surface area contributed by atoms with E-state index in [0.29, 0.717) is 5.56 Å². The molecule has 16 heavy (non-hydrogen) atoms. The van der Waals surface area contributed by atoms with Gasteiger partial charge in [-0.1, -0.05) is 12.1 Å². The Morgan fingerprint density at radius 3 is 3.06 bits per heavy atom. The molecule has 1 N–H and O–H groups in total. The van der Waals surface area contributed by atoms with Crippen molar-refractivity contribution in [3.05, 3.63) is 52.0 Å². The van der Waals surface area contributed by atoms with Crippen LogP contribution < -0.4 is 5.32 Å². The van der Waals surface area contributed by atoms with Crippen LogP contribution in [0, 0.1) is 11.3 Å². The molecule has 80 valence electrons. The van der Waals surface area contributed by atoms with Crippen LogP contribution in [0.3, 0.4) is 0 Å². The Labute approximate surface area is 98.4 Å². The molecule has 1 heterocycles. The van der Waals surface area contributed by atoms with Crippen LogP contribution in [-0.4, -0.2) is 4.98 Å². The Bertz CT molecular complexity index is 485. The molecule has 0 spiro atoms. The van der Waals surface area contributed by atoms with Crippen molar-refractivity contribution in [2.24, 2.45) is 0 Å². The molecule has 0 bridgehead atoms. The Hall–Kier alpha value is -1.70. The summed E-state index contributed by atoms with van der Waals surface area (Å²) in [5, 5.41) is 12.1. The smallest absolute Gasteiger partial charge is 0.0991 e. The average molecular weight is 229 g/mol. The molecule has 0 fully saturated rings. The minimum absolute atomic E-state index is 0.706. The van der Waals surface area contributed by atoms with Crippen LogP contribution >= 0.6 is 11.3 Å². The Morgan fingerprint density at radius 2 is 2.31 bits per heavy atom. The van der Waals surface area contributed by atoms with E-state index in [1.54, 1.807) is 11.3 Å². The van der Waals surface area contributed by atoms with Crippen LogP contribution in [0.5, 0.6) is 0 Å². The second-order valence-electron chi connectivity index (χ2n) is 3.38. The van der Waals surface area contributed by atoms with E-state index in [1.165, 1.54) is 4.88 Å². The molecule has 3 nitrogen and oxygen atoms in total. The van der Waals surface area contributed by atoms with Crippen molar-refractivity contribution >= 4 is 11.3 Å². The summed E-state index contributed by atoms with van der Waals surface area (Å²) in [5.41, 5.74) is 3.66. The van der Waals surface area contributed by atoms with E-state index in [-0.39, 0.29) is 0 Å². The lowest BCUT2D eigenvalue weighted by molar-refractivity contribution is 0.700. The molecule has 2 rings (SSSR count). The number of thiazole rings is 1. The second-order valence-corrected chi connectivity index (χ2v) is 4.35. The predicted octanol–water partition coefficient (Wildman–Crippen LogP) is 2.30. The number of rotatable bonds is 4. The van der Waals surface area contributed by atoms with Crippen molar-refractivity contribution in [3.8, 4) is 6.07 Å². The van der Waals surface area contributed by atoms with Crippen molar-refractivity contribution in [2.75, 3.05) is 0 Å². The van der Waals surface area contributed by atoms with E-state index in [1.807, 2.05) is 36.0 Å². The number of hydrogen-bond donors (Lipinski definition) is 1. The molecule has 2 aromatic rings. The molecule has 0 radical (unpaired) electrons. The molecule has 0 atom stereocenters. The molecule has 0 amide bonds. The summed E-state index contributed by atoms with van der Waals surface area (Å²) < 4.78 is 0. The summed E-state index contributed by atoms with van der Waals surface area (Å²) in [6.45, 7) is 1.59. The van der Waals surface area contributed by atoms with Crippen molar-refractivity contribution in [1.29, 1.82) is 5.26 Å². The van der Waals surface area contributed by atoms with Gasteiger partial charge in [-0.25, -0.2) is 0 Å². The van der Waals surface area contributed by atoms with E-state index in [0.717, 1.165) is 18.7 Å². The molecular formula is C12H11N3S. The molecule has 0 saturated heterocycles. The first-order valence-electron chi connectivity index (χ1n) is 4.95. The van der Waals surface area contributed by atoms with Gasteiger partial charge in [-0.15, -0.1) is 11.3 Å². The molecule has 0 aliphatic carbocycles. The zero-order valence-corrected chi connectivity index (χ0v) is 9.50. The van der Waals surface area contributed by atoms with Crippen molar-refractivity contribution < 1.29 is 0 Å². The average Bonchev–Trinajstić information content (AvgIpc) is 2.82. The van der Waals surface area contributed by atoms with Gasteiger partial charge >= 0.3 is 0 Å². The first-order chi connectivity index (χ1) is 7.88. The molecule has 0 aliphatic rings. The van der Waals surface area contributed by atoms with Gasteiger partial charge in [-0.05, 0) is 17.7 Å². The van der Waals surface area contributed by atoms with E-state index >= 15 is 0 Å². The largest absolute Gasteiger partial charge is 0.308 e. The number of nitrogens with one attached hydrogen (secondary N) is 1. The van der Waals surface area contributed by atoms with Gasteiger partial charge in [0.1, 0.15) is 0 Å². The summed E-state index contributed by atoms with van der Waals surface area (Å²) >= 11 is 1.64. The lowest BCUT2D eigenvalue weighted by atomic mass is 10.1. The van der Waals surface area contributed by atoms with Gasteiger partial charge in [0.05, 0.1) is 17.1 Å². The van der Waals surface area contributed by atoms with Crippen molar-refractivity contribution in [3.63, 3.8) is 0 Å². The predicted molar refractivity (Wildman–Crippen MR) is 63.8 cm³/mol. The Morgan fingerprint density at radius 1 is 1.38 bits per heavy atom. The second kappa shape index (κ2) is 5.40. The van der Waals surface area contributed by atoms with E-state index in [9.17, 15) is 0 Å². The normalized spacial score (nSPS) is 9.94. The van der Waals surface area contributed by atoms with Crippen LogP contribution in [0.15, 0.2) is 36.0 Å². The van der Waals surface area contributed by atoms with Crippen LogP contribution in [-0.2, 0) is 13.1 Å². The number of nitrogens with zero attached hydrogens (tertiary/aromatic N) is 2. The molecule has 4 heteroatoms. The molecular weight excluding hydrogens is 218 g/mol. The third-order valence-corrected chi connectivity index (χ3v) is 2.95. The summed E-state index contributed by atoms with van der Waals surface area (Å²) in [4.78, 5) is 5.23. The Balaban J connectivity index is 1.88. The fourth-order valence-electron chi connectivity index (χ4n) is 1.41. The van der Waals surface area contributed by atoms with Crippen LogP contribution in [0.25, 0.3) is 0 Å². The van der Waals surface area contributed by atoms with Gasteiger partial charge in [-0.3, -0.25) is 4.98 Å². The van der Waals surface area contributed by atoms with Crippen molar-refractivity contribution in [1.82, 2.24) is 10.3 Å². The van der Waals surface area contributed by atoms with Crippen LogP contribution in [0.1, 0.15) is 16.0 Å². The van der Waals surface area contributed by atoms with Gasteiger partial charge in [0.25, 0.3) is 0 Å². The number of benzene rings is 1. The highest BCUT2D eigenvalue weighted by Gasteiger charge is 1.96. The maximum absolute atomic E-state index is 8.76. The van der Waals surface area contributed by atoms with Gasteiger partial charge in [-0.2, -0.15) is 5.26 Å². The van der Waals surface area contributed by atoms with Gasteiger partial charge < -0.3 is 5.32 Å². The zero-order chi connectivity index (χ0) is 11.2. The van der Waals surface area contributed by atoms with E-state index in [4.69, 9.17) is 5.26 Å². The third kappa shape index (κ3) is 2.89. The lowest BCUT2D eigenvalue weighted by Gasteiger charge is -2.03. The fourth-order valence-corrected chi connectivity index (χ4v) is 1.97. The number of nitriles is 1. The SMILES string of the molecule is N#Cc1cccc(CNCc2cncs2)c1. The van der Waals surface area contributed by atoms with Crippen LogP contribution in [0.4, 0.5) is 0 Å². The topological polar surface area (TPSA) is 48.7 Å². The maximum atomic E-state index is 8.76. The molecule has 0 unspecified atom stereocenters. The van der Waals surface area contributed by atoms with Gasteiger partial charge in [0, 0.05) is 24.2 Å². The maximum Gasteiger partial charge on any atom is 0.0991 e. The monoisotopic (exact) mass is 229 g/mol. The van der Waals surface area contributed by atoms with Crippen molar-refractivity contribution in [2.45, 2.75) is 13.1 Å². The third-order valence-electron chi connectivity index (χ3n) is 2.17. The molecule has 0 saturated carbocycles. The Kier molecular flexibility index (Phi) is 3.65. The summed E-state index contributed by atoms with van der Waals surface area (Å²) in [7, 11) is 0. The first kappa shape index (κ1) is 10.8. The minimum atomic E-state index is 0.706. The fraction of sp³-hybridized carbons (Fsp3) is 0.167. The van der Waals surface area contributed by atoms with Gasteiger partial charge in [0.15, 0.2) is 0 Å². The number of hydrogen-bond acceptors (Lipinski definition) is 4. The lowest BCUT2D eigenvalue weighted by Crippen LogP contribution is -2.11. The summed E-state index contributed by atoms with van der Waals surface area (Å²) in [6.07, 6.45) is 1.86. The highest BCUT2D eigenvalue weighted by Crippen LogP contribution is 2.06. The number of aromatic nitrogens is 1. The standard InChI is InChI=1S/C12H11N3S/c13-5-10-2-1-3-11(4-10)6-14-7-12-8-15-9-16-12/h1-4,8-9,14H,6-7H2. The minimum Gasteiger partial charge on any atom is -0.308 e. The molecule has 1 aromatic carbocycles.